The topological polar surface area (TPSA) is 99.6 Å². The quantitative estimate of drug-likeness (QED) is 0.668. The van der Waals surface area contributed by atoms with Gasteiger partial charge in [-0.15, -0.1) is 12.4 Å². The molecule has 7 nitrogen and oxygen atoms in total. The highest BCUT2D eigenvalue weighted by Gasteiger charge is 2.57. The summed E-state index contributed by atoms with van der Waals surface area (Å²) in [5.74, 6) is 2.11. The minimum Gasteiger partial charge on any atom is -0.390 e. The van der Waals surface area contributed by atoms with Crippen LogP contribution in [0.5, 0.6) is 0 Å². The second-order valence-corrected chi connectivity index (χ2v) is 13.5. The van der Waals surface area contributed by atoms with E-state index in [0.29, 0.717) is 17.4 Å². The highest BCUT2D eigenvalue weighted by atomic mass is 35.5. The van der Waals surface area contributed by atoms with Crippen molar-refractivity contribution >= 4 is 34.0 Å². The Balaban J connectivity index is 0.00000228. The van der Waals surface area contributed by atoms with E-state index in [1.54, 1.807) is 11.1 Å². The summed E-state index contributed by atoms with van der Waals surface area (Å²) in [6, 6.07) is 0. The van der Waals surface area contributed by atoms with Crippen LogP contribution < -0.4 is 5.32 Å². The maximum Gasteiger partial charge on any atom is 0.255 e. The molecule has 6 aliphatic rings. The van der Waals surface area contributed by atoms with Gasteiger partial charge in [-0.1, -0.05) is 0 Å². The second-order valence-electron chi connectivity index (χ2n) is 11.2. The van der Waals surface area contributed by atoms with Gasteiger partial charge in [-0.25, -0.2) is 13.4 Å². The molecule has 182 valence electrons. The van der Waals surface area contributed by atoms with Gasteiger partial charge in [0, 0.05) is 24.8 Å². The van der Waals surface area contributed by atoms with Crippen LogP contribution in [-0.2, 0) is 22.7 Å². The Hall–Kier alpha value is -1.38. The van der Waals surface area contributed by atoms with E-state index in [1.807, 2.05) is 0 Å². The predicted molar refractivity (Wildman–Crippen MR) is 129 cm³/mol. The molecule has 1 amide bonds. The van der Waals surface area contributed by atoms with Crippen LogP contribution >= 0.6 is 12.4 Å². The maximum atomic E-state index is 13.3. The van der Waals surface area contributed by atoms with E-state index in [9.17, 15) is 18.3 Å². The van der Waals surface area contributed by atoms with Gasteiger partial charge in [0.25, 0.3) is 5.91 Å². The third kappa shape index (κ3) is 4.16. The number of hydrogen-bond acceptors (Lipinski definition) is 6. The minimum absolute atomic E-state index is 0. The van der Waals surface area contributed by atoms with E-state index in [2.05, 4.69) is 5.32 Å². The first-order valence-electron chi connectivity index (χ1n) is 12.2. The molecule has 2 N–H and O–H groups in total. The molecule has 9 heteroatoms. The summed E-state index contributed by atoms with van der Waals surface area (Å²) in [7, 11) is -3.03. The SMILES string of the molecule is Cl.O=C(c1cnc(NC23CC4CC(CC(O)(C4)C2)C3)c2c1CCCC2)N1CCS(=O)(=O)CC1. The summed E-state index contributed by atoms with van der Waals surface area (Å²) in [6.45, 7) is 0.529. The van der Waals surface area contributed by atoms with Crippen molar-refractivity contribution in [3.05, 3.63) is 22.9 Å². The third-order valence-electron chi connectivity index (χ3n) is 8.68. The Morgan fingerprint density at radius 1 is 1.06 bits per heavy atom. The van der Waals surface area contributed by atoms with Gasteiger partial charge in [-0.3, -0.25) is 4.79 Å². The van der Waals surface area contributed by atoms with Crippen molar-refractivity contribution in [1.82, 2.24) is 9.88 Å². The lowest BCUT2D eigenvalue weighted by molar-refractivity contribution is -0.127. The van der Waals surface area contributed by atoms with Crippen LogP contribution in [0, 0.1) is 11.8 Å². The standard InChI is InChI=1S/C24H33N3O4S.ClH/c28-22(27-5-7-32(30,31)8-6-27)20-14-25-21(19-4-2-1-3-18(19)20)26-23-10-16-9-17(11-23)13-24(29,12-16)15-23;/h14,16-17,29H,1-13,15H2,(H,25,26);1H. The third-order valence-corrected chi connectivity index (χ3v) is 10.3. The van der Waals surface area contributed by atoms with Gasteiger partial charge in [0.05, 0.1) is 22.7 Å². The number of rotatable bonds is 3. The van der Waals surface area contributed by atoms with Gasteiger partial charge in [0.15, 0.2) is 9.84 Å². The first-order chi connectivity index (χ1) is 15.2. The predicted octanol–water partition coefficient (Wildman–Crippen LogP) is 2.75. The smallest absolute Gasteiger partial charge is 0.255 e. The van der Waals surface area contributed by atoms with Gasteiger partial charge in [-0.2, -0.15) is 0 Å². The average Bonchev–Trinajstić information content (AvgIpc) is 2.71. The first-order valence-corrected chi connectivity index (χ1v) is 14.1. The zero-order valence-electron chi connectivity index (χ0n) is 19.0. The molecule has 2 unspecified atom stereocenters. The summed E-state index contributed by atoms with van der Waals surface area (Å²) >= 11 is 0. The number of aromatic nitrogens is 1. The van der Waals surface area contributed by atoms with Crippen molar-refractivity contribution in [2.75, 3.05) is 29.9 Å². The number of nitrogens with zero attached hydrogens (tertiary/aromatic N) is 2. The Labute approximate surface area is 202 Å². The summed E-state index contributed by atoms with van der Waals surface area (Å²) in [6.07, 6.45) is 11.8. The monoisotopic (exact) mass is 495 g/mol. The van der Waals surface area contributed by atoms with E-state index in [1.165, 1.54) is 6.42 Å². The molecule has 1 aromatic rings. The molecule has 4 saturated carbocycles. The Morgan fingerprint density at radius 3 is 2.33 bits per heavy atom. The molecular weight excluding hydrogens is 462 g/mol. The zero-order chi connectivity index (χ0) is 22.1. The number of hydrogen-bond donors (Lipinski definition) is 2. The van der Waals surface area contributed by atoms with E-state index in [0.717, 1.165) is 74.7 Å². The molecule has 2 atom stereocenters. The number of anilines is 1. The fourth-order valence-electron chi connectivity index (χ4n) is 7.74. The summed E-state index contributed by atoms with van der Waals surface area (Å²) in [4.78, 5) is 19.7. The molecule has 0 aromatic carbocycles. The molecule has 4 bridgehead atoms. The normalized spacial score (nSPS) is 36.1. The number of fused-ring (bicyclic) bond motifs is 1. The Bertz CT molecular complexity index is 1050. The fraction of sp³-hybridized carbons (Fsp3) is 0.750. The lowest BCUT2D eigenvalue weighted by Crippen LogP contribution is -2.62. The van der Waals surface area contributed by atoms with Gasteiger partial charge in [0.2, 0.25) is 0 Å². The number of carbonyl (C=O) groups excluding carboxylic acids is 1. The molecule has 5 fully saturated rings. The van der Waals surface area contributed by atoms with Crippen molar-refractivity contribution in [3.8, 4) is 0 Å². The molecule has 2 heterocycles. The lowest BCUT2D eigenvalue weighted by atomic mass is 9.51. The van der Waals surface area contributed by atoms with Crippen LogP contribution in [0.1, 0.15) is 72.9 Å². The fourth-order valence-corrected chi connectivity index (χ4v) is 8.94. The van der Waals surface area contributed by atoms with Crippen LogP contribution in [-0.4, -0.2) is 65.1 Å². The molecule has 0 spiro atoms. The van der Waals surface area contributed by atoms with Crippen LogP contribution in [0.25, 0.3) is 0 Å². The number of aliphatic hydroxyl groups is 1. The number of sulfone groups is 1. The molecule has 0 radical (unpaired) electrons. The van der Waals surface area contributed by atoms with Crippen LogP contribution in [0.4, 0.5) is 5.82 Å². The van der Waals surface area contributed by atoms with E-state index < -0.39 is 15.4 Å². The van der Waals surface area contributed by atoms with Gasteiger partial charge < -0.3 is 15.3 Å². The highest BCUT2D eigenvalue weighted by molar-refractivity contribution is 7.91. The van der Waals surface area contributed by atoms with Crippen molar-refractivity contribution < 1.29 is 18.3 Å². The van der Waals surface area contributed by atoms with Crippen molar-refractivity contribution in [3.63, 3.8) is 0 Å². The second kappa shape index (κ2) is 8.09. The molecule has 5 aliphatic carbocycles. The number of pyridine rings is 1. The molecule has 33 heavy (non-hydrogen) atoms. The van der Waals surface area contributed by atoms with Gasteiger partial charge in [0.1, 0.15) is 5.82 Å². The van der Waals surface area contributed by atoms with Gasteiger partial charge in [-0.05, 0) is 87.2 Å². The van der Waals surface area contributed by atoms with E-state index >= 15 is 0 Å². The molecule has 1 aromatic heterocycles. The number of carbonyl (C=O) groups is 1. The highest BCUT2D eigenvalue weighted by Crippen LogP contribution is 2.58. The number of nitrogens with one attached hydrogen (secondary N) is 1. The van der Waals surface area contributed by atoms with Crippen molar-refractivity contribution in [2.45, 2.75) is 75.3 Å². The average molecular weight is 496 g/mol. The summed E-state index contributed by atoms with van der Waals surface area (Å²) < 4.78 is 23.6. The Kier molecular flexibility index (Phi) is 5.73. The largest absolute Gasteiger partial charge is 0.390 e. The van der Waals surface area contributed by atoms with Crippen molar-refractivity contribution in [1.29, 1.82) is 0 Å². The minimum atomic E-state index is -3.03. The summed E-state index contributed by atoms with van der Waals surface area (Å²) in [5, 5.41) is 14.9. The van der Waals surface area contributed by atoms with E-state index in [-0.39, 0.29) is 48.4 Å². The molecule has 1 saturated heterocycles. The first kappa shape index (κ1) is 23.4. The van der Waals surface area contributed by atoms with Crippen molar-refractivity contribution in [2.24, 2.45) is 11.8 Å². The Morgan fingerprint density at radius 2 is 1.70 bits per heavy atom. The maximum absolute atomic E-state index is 13.3. The van der Waals surface area contributed by atoms with Crippen LogP contribution in [0.3, 0.4) is 0 Å². The molecule has 1 aliphatic heterocycles. The lowest BCUT2D eigenvalue weighted by Gasteiger charge is -2.60. The molecule has 7 rings (SSSR count). The van der Waals surface area contributed by atoms with E-state index in [4.69, 9.17) is 4.98 Å². The van der Waals surface area contributed by atoms with Gasteiger partial charge >= 0.3 is 0 Å². The summed E-state index contributed by atoms with van der Waals surface area (Å²) in [5.41, 5.74) is 2.30. The number of amides is 1. The number of halogens is 1. The van der Waals surface area contributed by atoms with Crippen LogP contribution in [0.2, 0.25) is 0 Å². The van der Waals surface area contributed by atoms with Crippen LogP contribution in [0.15, 0.2) is 6.20 Å². The molecular formula is C24H34ClN3O4S. The zero-order valence-corrected chi connectivity index (χ0v) is 20.6.